The van der Waals surface area contributed by atoms with Crippen molar-refractivity contribution in [2.75, 3.05) is 26.9 Å². The zero-order chi connectivity index (χ0) is 22.5. The van der Waals surface area contributed by atoms with Gasteiger partial charge >= 0.3 is 0 Å². The van der Waals surface area contributed by atoms with Gasteiger partial charge < -0.3 is 23.9 Å². The number of Topliss-reactive ketones (excluding diaryl/α,β-unsaturated/α-hetero) is 1. The number of ketones is 1. The van der Waals surface area contributed by atoms with E-state index in [1.54, 1.807) is 31.4 Å². The summed E-state index contributed by atoms with van der Waals surface area (Å²) in [6.45, 7) is 7.24. The fourth-order valence-corrected chi connectivity index (χ4v) is 3.82. The second-order valence-electron chi connectivity index (χ2n) is 7.69. The molecule has 0 spiro atoms. The average Bonchev–Trinajstić information content (AvgIpc) is 3.36. The number of aliphatic hydroxyl groups excluding tert-OH is 1. The van der Waals surface area contributed by atoms with Crippen LogP contribution in [0.5, 0.6) is 5.75 Å². The van der Waals surface area contributed by atoms with E-state index < -0.39 is 17.7 Å². The van der Waals surface area contributed by atoms with Crippen LogP contribution in [0.4, 0.5) is 0 Å². The fraction of sp³-hybridized carbons (Fsp3) is 0.417. The number of carbonyl (C=O) groups excluding carboxylic acids is 2. The largest absolute Gasteiger partial charge is 0.507 e. The molecule has 1 aliphatic rings. The summed E-state index contributed by atoms with van der Waals surface area (Å²) in [6.07, 6.45) is 2.04. The number of likely N-dealkylation sites (tertiary alicyclic amines) is 1. The Bertz CT molecular complexity index is 960. The number of amides is 1. The molecule has 0 aliphatic carbocycles. The van der Waals surface area contributed by atoms with Crippen LogP contribution in [-0.4, -0.2) is 48.6 Å². The van der Waals surface area contributed by atoms with E-state index in [9.17, 15) is 14.7 Å². The van der Waals surface area contributed by atoms with E-state index in [2.05, 4.69) is 0 Å². The molecule has 31 heavy (non-hydrogen) atoms. The molecule has 1 saturated heterocycles. The quantitative estimate of drug-likeness (QED) is 0.278. The van der Waals surface area contributed by atoms with Crippen molar-refractivity contribution in [3.05, 3.63) is 59.1 Å². The normalized spacial score (nSPS) is 18.2. The van der Waals surface area contributed by atoms with Gasteiger partial charge in [-0.25, -0.2) is 0 Å². The lowest BCUT2D eigenvalue weighted by Gasteiger charge is -2.23. The van der Waals surface area contributed by atoms with Crippen LogP contribution in [0, 0.1) is 0 Å². The number of benzene rings is 1. The van der Waals surface area contributed by atoms with E-state index in [0.717, 1.165) is 11.3 Å². The first-order chi connectivity index (χ1) is 14.9. The highest BCUT2D eigenvalue weighted by Crippen LogP contribution is 2.40. The topological polar surface area (TPSA) is 89.2 Å². The highest BCUT2D eigenvalue weighted by Gasteiger charge is 2.47. The minimum Gasteiger partial charge on any atom is -0.507 e. The van der Waals surface area contributed by atoms with E-state index in [1.807, 2.05) is 26.8 Å². The van der Waals surface area contributed by atoms with E-state index in [4.69, 9.17) is 13.9 Å². The van der Waals surface area contributed by atoms with Gasteiger partial charge in [-0.15, -0.1) is 0 Å². The van der Waals surface area contributed by atoms with Crippen LogP contribution >= 0.6 is 0 Å². The molecule has 1 fully saturated rings. The summed E-state index contributed by atoms with van der Waals surface area (Å²) in [6, 6.07) is 7.89. The van der Waals surface area contributed by atoms with Gasteiger partial charge in [0.1, 0.15) is 23.3 Å². The zero-order valence-corrected chi connectivity index (χ0v) is 18.4. The molecule has 2 aromatic rings. The molecule has 1 aromatic heterocycles. The van der Waals surface area contributed by atoms with Gasteiger partial charge in [-0.2, -0.15) is 0 Å². The number of nitrogens with zero attached hydrogens (tertiary/aromatic N) is 1. The van der Waals surface area contributed by atoms with Gasteiger partial charge in [-0.3, -0.25) is 9.59 Å². The molecule has 2 heterocycles. The Balaban J connectivity index is 2.10. The standard InChI is InChI=1S/C24H29NO6/c1-5-30-18-10-9-16(14-17(18)15(2)3)22(26)20-21(19-8-6-13-31-19)25(11-7-12-29-4)24(28)23(20)27/h6,8-10,13-15,21,26H,5,7,11-12H2,1-4H3/b22-20-. The molecule has 0 bridgehead atoms. The summed E-state index contributed by atoms with van der Waals surface area (Å²) >= 11 is 0. The molecule has 1 unspecified atom stereocenters. The molecular weight excluding hydrogens is 398 g/mol. The van der Waals surface area contributed by atoms with Gasteiger partial charge in [0.05, 0.1) is 18.4 Å². The van der Waals surface area contributed by atoms with E-state index in [-0.39, 0.29) is 17.3 Å². The van der Waals surface area contributed by atoms with E-state index >= 15 is 0 Å². The van der Waals surface area contributed by atoms with Gasteiger partial charge in [0.2, 0.25) is 0 Å². The van der Waals surface area contributed by atoms with Gasteiger partial charge in [-0.05, 0) is 55.2 Å². The Hall–Kier alpha value is -3.06. The molecule has 7 heteroatoms. The summed E-state index contributed by atoms with van der Waals surface area (Å²) in [7, 11) is 1.58. The molecule has 1 aliphatic heterocycles. The number of hydrogen-bond donors (Lipinski definition) is 1. The van der Waals surface area contributed by atoms with Crippen LogP contribution in [0.1, 0.15) is 56.0 Å². The van der Waals surface area contributed by atoms with Crippen molar-refractivity contribution in [2.45, 2.75) is 39.2 Å². The smallest absolute Gasteiger partial charge is 0.295 e. The van der Waals surface area contributed by atoms with Crippen LogP contribution in [0.25, 0.3) is 5.76 Å². The van der Waals surface area contributed by atoms with Gasteiger partial charge in [-0.1, -0.05) is 13.8 Å². The number of rotatable bonds is 9. The maximum atomic E-state index is 13.0. The lowest BCUT2D eigenvalue weighted by molar-refractivity contribution is -0.140. The third-order valence-electron chi connectivity index (χ3n) is 5.31. The van der Waals surface area contributed by atoms with Gasteiger partial charge in [0.15, 0.2) is 0 Å². The SMILES string of the molecule is CCOc1ccc(/C(O)=C2/C(=O)C(=O)N(CCCOC)C2c2ccco2)cc1C(C)C. The molecule has 1 aromatic carbocycles. The predicted octanol–water partition coefficient (Wildman–Crippen LogP) is 4.26. The Labute approximate surface area is 182 Å². The number of carbonyl (C=O) groups is 2. The Morgan fingerprint density at radius 1 is 1.26 bits per heavy atom. The minimum atomic E-state index is -0.791. The van der Waals surface area contributed by atoms with Crippen LogP contribution in [0.2, 0.25) is 0 Å². The van der Waals surface area contributed by atoms with Crippen molar-refractivity contribution < 1.29 is 28.6 Å². The third-order valence-corrected chi connectivity index (χ3v) is 5.31. The van der Waals surface area contributed by atoms with Gasteiger partial charge in [0.25, 0.3) is 11.7 Å². The number of ether oxygens (including phenoxy) is 2. The summed E-state index contributed by atoms with van der Waals surface area (Å²) in [4.78, 5) is 27.2. The highest BCUT2D eigenvalue weighted by molar-refractivity contribution is 6.46. The van der Waals surface area contributed by atoms with Crippen molar-refractivity contribution >= 4 is 17.4 Å². The maximum Gasteiger partial charge on any atom is 0.295 e. The molecular formula is C24H29NO6. The maximum absolute atomic E-state index is 13.0. The number of hydrogen-bond acceptors (Lipinski definition) is 6. The lowest BCUT2D eigenvalue weighted by atomic mass is 9.95. The summed E-state index contributed by atoms with van der Waals surface area (Å²) in [5, 5.41) is 11.2. The minimum absolute atomic E-state index is 0.0243. The van der Waals surface area contributed by atoms with Crippen molar-refractivity contribution in [1.82, 2.24) is 4.90 Å². The molecule has 7 nitrogen and oxygen atoms in total. The fourth-order valence-electron chi connectivity index (χ4n) is 3.82. The lowest BCUT2D eigenvalue weighted by Crippen LogP contribution is -2.31. The molecule has 166 valence electrons. The molecule has 1 amide bonds. The first-order valence-electron chi connectivity index (χ1n) is 10.5. The predicted molar refractivity (Wildman–Crippen MR) is 116 cm³/mol. The Morgan fingerprint density at radius 2 is 2.03 bits per heavy atom. The van der Waals surface area contributed by atoms with Crippen LogP contribution < -0.4 is 4.74 Å². The number of furan rings is 1. The molecule has 3 rings (SSSR count). The Kier molecular flexibility index (Phi) is 7.17. The van der Waals surface area contributed by atoms with Crippen molar-refractivity contribution in [1.29, 1.82) is 0 Å². The second-order valence-corrected chi connectivity index (χ2v) is 7.69. The summed E-state index contributed by atoms with van der Waals surface area (Å²) in [5.41, 5.74) is 1.39. The number of methoxy groups -OCH3 is 1. The summed E-state index contributed by atoms with van der Waals surface area (Å²) < 4.78 is 16.3. The second kappa shape index (κ2) is 9.83. The summed E-state index contributed by atoms with van der Waals surface area (Å²) in [5.74, 6) is -0.305. The van der Waals surface area contributed by atoms with Crippen LogP contribution in [-0.2, 0) is 14.3 Å². The first kappa shape index (κ1) is 22.6. The zero-order valence-electron chi connectivity index (χ0n) is 18.4. The molecule has 1 atom stereocenters. The Morgan fingerprint density at radius 3 is 2.65 bits per heavy atom. The van der Waals surface area contributed by atoms with Crippen molar-refractivity contribution in [3.63, 3.8) is 0 Å². The molecule has 0 saturated carbocycles. The van der Waals surface area contributed by atoms with Gasteiger partial charge in [0, 0.05) is 25.8 Å². The number of aliphatic hydroxyl groups is 1. The van der Waals surface area contributed by atoms with Crippen LogP contribution in [0.15, 0.2) is 46.6 Å². The third kappa shape index (κ3) is 4.51. The van der Waals surface area contributed by atoms with E-state index in [0.29, 0.717) is 37.5 Å². The first-order valence-corrected chi connectivity index (χ1v) is 10.5. The molecule has 1 N–H and O–H groups in total. The van der Waals surface area contributed by atoms with Crippen LogP contribution in [0.3, 0.4) is 0 Å². The van der Waals surface area contributed by atoms with Crippen molar-refractivity contribution in [2.24, 2.45) is 0 Å². The molecule has 0 radical (unpaired) electrons. The monoisotopic (exact) mass is 427 g/mol. The average molecular weight is 427 g/mol. The van der Waals surface area contributed by atoms with Crippen molar-refractivity contribution in [3.8, 4) is 5.75 Å². The highest BCUT2D eigenvalue weighted by atomic mass is 16.5. The van der Waals surface area contributed by atoms with E-state index in [1.165, 1.54) is 11.2 Å².